The second kappa shape index (κ2) is 5.48. The van der Waals surface area contributed by atoms with E-state index in [-0.39, 0.29) is 23.2 Å². The molecule has 0 aromatic heterocycles. The van der Waals surface area contributed by atoms with E-state index in [1.54, 1.807) is 24.1 Å². The van der Waals surface area contributed by atoms with Crippen LogP contribution in [0.5, 0.6) is 0 Å². The summed E-state index contributed by atoms with van der Waals surface area (Å²) in [6, 6.07) is 4.65. The number of benzene rings is 1. The van der Waals surface area contributed by atoms with E-state index in [0.717, 1.165) is 6.42 Å². The topological polar surface area (TPSA) is 75.5 Å². The number of nitro benzene ring substituents is 1. The van der Waals surface area contributed by atoms with Gasteiger partial charge in [0.2, 0.25) is 0 Å². The molecule has 1 amide bonds. The van der Waals surface area contributed by atoms with Crippen molar-refractivity contribution in [2.24, 2.45) is 5.92 Å². The number of nitro groups is 1. The molecule has 2 rings (SSSR count). The molecule has 0 aliphatic carbocycles. The quantitative estimate of drug-likeness (QED) is 0.680. The van der Waals surface area contributed by atoms with Gasteiger partial charge in [-0.25, -0.2) is 0 Å². The number of hydrogen-bond donors (Lipinski definition) is 1. The Morgan fingerprint density at radius 3 is 2.65 bits per heavy atom. The SMILES string of the molecule is CNc1ccc([N+](=O)[O-])c(C(=O)N2CC(C)CC2C)c1. The Kier molecular flexibility index (Phi) is 3.92. The first-order valence-electron chi connectivity index (χ1n) is 6.71. The summed E-state index contributed by atoms with van der Waals surface area (Å²) in [5, 5.41) is 14.0. The zero-order chi connectivity index (χ0) is 14.9. The molecule has 1 aromatic carbocycles. The minimum atomic E-state index is -0.503. The maximum absolute atomic E-state index is 12.6. The Balaban J connectivity index is 2.39. The molecule has 6 heteroatoms. The number of amides is 1. The Bertz CT molecular complexity index is 544. The van der Waals surface area contributed by atoms with Crippen molar-refractivity contribution in [3.63, 3.8) is 0 Å². The van der Waals surface area contributed by atoms with Gasteiger partial charge in [0.25, 0.3) is 11.6 Å². The average molecular weight is 277 g/mol. The Hall–Kier alpha value is -2.11. The van der Waals surface area contributed by atoms with Crippen LogP contribution in [0.2, 0.25) is 0 Å². The summed E-state index contributed by atoms with van der Waals surface area (Å²) in [6.07, 6.45) is 0.936. The van der Waals surface area contributed by atoms with Crippen molar-refractivity contribution >= 4 is 17.3 Å². The van der Waals surface area contributed by atoms with Crippen molar-refractivity contribution in [1.29, 1.82) is 0 Å². The molecule has 1 N–H and O–H groups in total. The maximum atomic E-state index is 12.6. The number of likely N-dealkylation sites (tertiary alicyclic amines) is 1. The molecule has 1 aromatic rings. The predicted molar refractivity (Wildman–Crippen MR) is 76.9 cm³/mol. The highest BCUT2D eigenvalue weighted by molar-refractivity contribution is 5.99. The normalized spacial score (nSPS) is 21.9. The highest BCUT2D eigenvalue weighted by Gasteiger charge is 2.33. The Morgan fingerprint density at radius 1 is 1.45 bits per heavy atom. The zero-order valence-corrected chi connectivity index (χ0v) is 11.9. The van der Waals surface area contributed by atoms with E-state index in [0.29, 0.717) is 18.2 Å². The fraction of sp³-hybridized carbons (Fsp3) is 0.500. The van der Waals surface area contributed by atoms with Gasteiger partial charge >= 0.3 is 0 Å². The van der Waals surface area contributed by atoms with Crippen LogP contribution in [0.25, 0.3) is 0 Å². The molecule has 6 nitrogen and oxygen atoms in total. The summed E-state index contributed by atoms with van der Waals surface area (Å²) in [6.45, 7) is 4.72. The summed E-state index contributed by atoms with van der Waals surface area (Å²) in [7, 11) is 1.72. The largest absolute Gasteiger partial charge is 0.388 e. The zero-order valence-electron chi connectivity index (χ0n) is 11.9. The van der Waals surface area contributed by atoms with Crippen LogP contribution in [-0.4, -0.2) is 35.4 Å². The van der Waals surface area contributed by atoms with Gasteiger partial charge in [0.1, 0.15) is 5.56 Å². The van der Waals surface area contributed by atoms with E-state index in [2.05, 4.69) is 12.2 Å². The minimum Gasteiger partial charge on any atom is -0.388 e. The standard InChI is InChI=1S/C14H19N3O3/c1-9-6-10(2)16(8-9)14(18)12-7-11(15-3)4-5-13(12)17(19)20/h4-5,7,9-10,15H,6,8H2,1-3H3. The molecule has 2 atom stereocenters. The summed E-state index contributed by atoms with van der Waals surface area (Å²) >= 11 is 0. The molecule has 1 heterocycles. The van der Waals surface area contributed by atoms with Crippen LogP contribution in [-0.2, 0) is 0 Å². The average Bonchev–Trinajstić information content (AvgIpc) is 2.76. The second-order valence-electron chi connectivity index (χ2n) is 5.39. The molecule has 1 fully saturated rings. The molecule has 20 heavy (non-hydrogen) atoms. The van der Waals surface area contributed by atoms with Gasteiger partial charge in [-0.1, -0.05) is 6.92 Å². The molecule has 1 aliphatic heterocycles. The molecule has 1 saturated heterocycles. The third-order valence-electron chi connectivity index (χ3n) is 3.76. The highest BCUT2D eigenvalue weighted by Crippen LogP contribution is 2.29. The minimum absolute atomic E-state index is 0.121. The van der Waals surface area contributed by atoms with Crippen LogP contribution in [0.15, 0.2) is 18.2 Å². The number of rotatable bonds is 3. The third kappa shape index (κ3) is 2.59. The number of carbonyl (C=O) groups excluding carboxylic acids is 1. The van der Waals surface area contributed by atoms with Gasteiger partial charge < -0.3 is 10.2 Å². The van der Waals surface area contributed by atoms with E-state index >= 15 is 0 Å². The summed E-state index contributed by atoms with van der Waals surface area (Å²) in [5.41, 5.74) is 0.711. The van der Waals surface area contributed by atoms with Gasteiger partial charge in [-0.3, -0.25) is 14.9 Å². The molecule has 108 valence electrons. The van der Waals surface area contributed by atoms with Crippen LogP contribution in [0.4, 0.5) is 11.4 Å². The smallest absolute Gasteiger partial charge is 0.282 e. The van der Waals surface area contributed by atoms with E-state index in [4.69, 9.17) is 0 Å². The molecule has 1 aliphatic rings. The van der Waals surface area contributed by atoms with E-state index in [1.165, 1.54) is 6.07 Å². The van der Waals surface area contributed by atoms with Crippen LogP contribution >= 0.6 is 0 Å². The van der Waals surface area contributed by atoms with Crippen molar-refractivity contribution in [2.45, 2.75) is 26.3 Å². The van der Waals surface area contributed by atoms with Crippen molar-refractivity contribution in [3.8, 4) is 0 Å². The van der Waals surface area contributed by atoms with Crippen molar-refractivity contribution in [3.05, 3.63) is 33.9 Å². The van der Waals surface area contributed by atoms with Crippen LogP contribution in [0.3, 0.4) is 0 Å². The molecule has 2 unspecified atom stereocenters. The van der Waals surface area contributed by atoms with Gasteiger partial charge in [0.15, 0.2) is 0 Å². The van der Waals surface area contributed by atoms with Crippen molar-refractivity contribution < 1.29 is 9.72 Å². The first-order valence-corrected chi connectivity index (χ1v) is 6.71. The van der Waals surface area contributed by atoms with E-state index in [9.17, 15) is 14.9 Å². The van der Waals surface area contributed by atoms with E-state index < -0.39 is 4.92 Å². The monoisotopic (exact) mass is 277 g/mol. The predicted octanol–water partition coefficient (Wildman–Crippen LogP) is 2.51. The van der Waals surface area contributed by atoms with E-state index in [1.807, 2.05) is 6.92 Å². The van der Waals surface area contributed by atoms with Crippen molar-refractivity contribution in [2.75, 3.05) is 18.9 Å². The molecule has 0 spiro atoms. The first-order chi connectivity index (χ1) is 9.43. The fourth-order valence-corrected chi connectivity index (χ4v) is 2.76. The molecule has 0 saturated carbocycles. The van der Waals surface area contributed by atoms with Crippen LogP contribution in [0.1, 0.15) is 30.6 Å². The van der Waals surface area contributed by atoms with Gasteiger partial charge in [-0.2, -0.15) is 0 Å². The molecular weight excluding hydrogens is 258 g/mol. The third-order valence-corrected chi connectivity index (χ3v) is 3.76. The number of carbonyl (C=O) groups is 1. The maximum Gasteiger partial charge on any atom is 0.282 e. The van der Waals surface area contributed by atoms with Crippen LogP contribution in [0, 0.1) is 16.0 Å². The first kappa shape index (κ1) is 14.3. The summed E-state index contributed by atoms with van der Waals surface area (Å²) in [4.78, 5) is 24.9. The lowest BCUT2D eigenvalue weighted by atomic mass is 10.1. The number of nitrogens with zero attached hydrogens (tertiary/aromatic N) is 2. The van der Waals surface area contributed by atoms with Gasteiger partial charge in [-0.15, -0.1) is 0 Å². The molecule has 0 radical (unpaired) electrons. The summed E-state index contributed by atoms with van der Waals surface area (Å²) in [5.74, 6) is 0.172. The number of anilines is 1. The summed E-state index contributed by atoms with van der Waals surface area (Å²) < 4.78 is 0. The molecule has 0 bridgehead atoms. The lowest BCUT2D eigenvalue weighted by Gasteiger charge is -2.21. The van der Waals surface area contributed by atoms with Gasteiger partial charge in [0, 0.05) is 31.4 Å². The number of hydrogen-bond acceptors (Lipinski definition) is 4. The lowest BCUT2D eigenvalue weighted by molar-refractivity contribution is -0.385. The fourth-order valence-electron chi connectivity index (χ4n) is 2.76. The van der Waals surface area contributed by atoms with Gasteiger partial charge in [-0.05, 0) is 31.4 Å². The molecular formula is C14H19N3O3. The van der Waals surface area contributed by atoms with Crippen LogP contribution < -0.4 is 5.32 Å². The Labute approximate surface area is 117 Å². The lowest BCUT2D eigenvalue weighted by Crippen LogP contribution is -2.34. The Morgan fingerprint density at radius 2 is 2.15 bits per heavy atom. The van der Waals surface area contributed by atoms with Gasteiger partial charge in [0.05, 0.1) is 4.92 Å². The van der Waals surface area contributed by atoms with Crippen molar-refractivity contribution in [1.82, 2.24) is 4.90 Å². The number of nitrogens with one attached hydrogen (secondary N) is 1. The second-order valence-corrected chi connectivity index (χ2v) is 5.39. The highest BCUT2D eigenvalue weighted by atomic mass is 16.6.